The van der Waals surface area contributed by atoms with Crippen LogP contribution in [0.1, 0.15) is 52.0 Å². The number of anilines is 1. The van der Waals surface area contributed by atoms with Gasteiger partial charge >= 0.3 is 0 Å². The summed E-state index contributed by atoms with van der Waals surface area (Å²) >= 11 is 1.27. The molecule has 0 bridgehead atoms. The molecule has 1 saturated heterocycles. The average Bonchev–Trinajstić information content (AvgIpc) is 3.53. The number of aryl methyl sites for hydroxylation is 2. The van der Waals surface area contributed by atoms with E-state index in [-0.39, 0.29) is 11.7 Å². The van der Waals surface area contributed by atoms with Crippen molar-refractivity contribution in [3.63, 3.8) is 0 Å². The number of fused-ring (bicyclic) bond motifs is 1. The number of carbonyl (C=O) groups excluding carboxylic acids is 1. The first-order chi connectivity index (χ1) is 14.7. The van der Waals surface area contributed by atoms with Gasteiger partial charge in [-0.1, -0.05) is 11.3 Å². The standard InChI is InChI=1S/C22H23N3O4S/c26-19(13-4-7-28-8-5-13)20-18(15-6-9-29-12-15)24-22(30-20)25-21(27)16-10-14-2-1-3-17(14)23-11-16/h6,9-13,21,27H,1-5,7-8H2,(H,24,25). The molecule has 0 amide bonds. The van der Waals surface area contributed by atoms with Gasteiger partial charge in [0.05, 0.1) is 18.2 Å². The first-order valence-electron chi connectivity index (χ1n) is 10.3. The van der Waals surface area contributed by atoms with Crippen LogP contribution in [0, 0.1) is 5.92 Å². The molecule has 5 rings (SSSR count). The van der Waals surface area contributed by atoms with Crippen LogP contribution in [-0.2, 0) is 17.6 Å². The zero-order chi connectivity index (χ0) is 20.5. The molecule has 3 aromatic heterocycles. The summed E-state index contributed by atoms with van der Waals surface area (Å²) < 4.78 is 10.6. The topological polar surface area (TPSA) is 97.5 Å². The maximum atomic E-state index is 13.2. The van der Waals surface area contributed by atoms with E-state index in [0.717, 1.165) is 30.5 Å². The third-order valence-corrected chi connectivity index (χ3v) is 6.76. The number of aliphatic hydroxyl groups is 1. The largest absolute Gasteiger partial charge is 0.472 e. The first-order valence-corrected chi connectivity index (χ1v) is 11.1. The number of aromatic nitrogens is 2. The molecular weight excluding hydrogens is 402 g/mol. The fraction of sp³-hybridized carbons (Fsp3) is 0.409. The summed E-state index contributed by atoms with van der Waals surface area (Å²) in [5.41, 5.74) is 4.36. The molecule has 156 valence electrons. The second-order valence-electron chi connectivity index (χ2n) is 7.73. The van der Waals surface area contributed by atoms with E-state index in [1.165, 1.54) is 16.9 Å². The zero-order valence-electron chi connectivity index (χ0n) is 16.5. The highest BCUT2D eigenvalue weighted by molar-refractivity contribution is 7.18. The number of pyridine rings is 1. The van der Waals surface area contributed by atoms with Crippen molar-refractivity contribution in [1.29, 1.82) is 0 Å². The van der Waals surface area contributed by atoms with Crippen LogP contribution in [-0.4, -0.2) is 34.1 Å². The van der Waals surface area contributed by atoms with Crippen molar-refractivity contribution < 1.29 is 19.1 Å². The van der Waals surface area contributed by atoms with Crippen molar-refractivity contribution in [3.8, 4) is 11.3 Å². The van der Waals surface area contributed by atoms with Crippen LogP contribution in [0.5, 0.6) is 0 Å². The van der Waals surface area contributed by atoms with E-state index >= 15 is 0 Å². The molecule has 1 unspecified atom stereocenters. The highest BCUT2D eigenvalue weighted by Crippen LogP contribution is 2.36. The molecule has 0 saturated carbocycles. The molecule has 0 aromatic carbocycles. The van der Waals surface area contributed by atoms with Gasteiger partial charge in [0.25, 0.3) is 0 Å². The van der Waals surface area contributed by atoms with Gasteiger partial charge in [0, 0.05) is 42.1 Å². The number of aliphatic hydroxyl groups excluding tert-OH is 1. The van der Waals surface area contributed by atoms with Crippen LogP contribution >= 0.6 is 11.3 Å². The van der Waals surface area contributed by atoms with Crippen molar-refractivity contribution in [1.82, 2.24) is 9.97 Å². The second kappa shape index (κ2) is 8.29. The minimum Gasteiger partial charge on any atom is -0.472 e. The van der Waals surface area contributed by atoms with Crippen LogP contribution in [0.15, 0.2) is 35.3 Å². The third kappa shape index (κ3) is 3.78. The Morgan fingerprint density at radius 1 is 1.30 bits per heavy atom. The molecule has 0 radical (unpaired) electrons. The Kier molecular flexibility index (Phi) is 5.37. The molecule has 8 heteroatoms. The summed E-state index contributed by atoms with van der Waals surface area (Å²) in [6, 6.07) is 3.80. The molecule has 3 aromatic rings. The number of furan rings is 1. The lowest BCUT2D eigenvalue weighted by Crippen LogP contribution is -2.23. The number of rotatable bonds is 6. The maximum Gasteiger partial charge on any atom is 0.186 e. The van der Waals surface area contributed by atoms with Crippen LogP contribution in [0.3, 0.4) is 0 Å². The maximum absolute atomic E-state index is 13.2. The van der Waals surface area contributed by atoms with Crippen LogP contribution in [0.4, 0.5) is 5.13 Å². The van der Waals surface area contributed by atoms with Crippen molar-refractivity contribution in [2.24, 2.45) is 5.92 Å². The number of nitrogens with zero attached hydrogens (tertiary/aromatic N) is 2. The van der Waals surface area contributed by atoms with Gasteiger partial charge in [-0.2, -0.15) is 0 Å². The van der Waals surface area contributed by atoms with E-state index in [9.17, 15) is 9.90 Å². The van der Waals surface area contributed by atoms with Gasteiger partial charge in [0.1, 0.15) is 4.88 Å². The van der Waals surface area contributed by atoms with Crippen molar-refractivity contribution in [3.05, 3.63) is 52.6 Å². The zero-order valence-corrected chi connectivity index (χ0v) is 17.3. The Balaban J connectivity index is 1.42. The molecule has 1 atom stereocenters. The van der Waals surface area contributed by atoms with Gasteiger partial charge in [0.15, 0.2) is 17.1 Å². The van der Waals surface area contributed by atoms with E-state index < -0.39 is 6.23 Å². The fourth-order valence-corrected chi connectivity index (χ4v) is 5.11. The predicted molar refractivity (Wildman–Crippen MR) is 113 cm³/mol. The molecule has 1 aliphatic heterocycles. The SMILES string of the molecule is O=C(c1sc(NC(O)c2cnc3c(c2)CCC3)nc1-c1ccoc1)C1CCOCC1. The van der Waals surface area contributed by atoms with Gasteiger partial charge in [0.2, 0.25) is 0 Å². The predicted octanol–water partition coefficient (Wildman–Crippen LogP) is 4.00. The van der Waals surface area contributed by atoms with Crippen molar-refractivity contribution in [2.75, 3.05) is 18.5 Å². The quantitative estimate of drug-likeness (QED) is 0.455. The average molecular weight is 426 g/mol. The normalized spacial score (nSPS) is 17.6. The van der Waals surface area contributed by atoms with Crippen molar-refractivity contribution in [2.45, 2.75) is 38.3 Å². The summed E-state index contributed by atoms with van der Waals surface area (Å²) in [6.45, 7) is 1.21. The molecule has 4 heterocycles. The van der Waals surface area contributed by atoms with E-state index in [4.69, 9.17) is 9.15 Å². The Bertz CT molecular complexity index is 1040. The van der Waals surface area contributed by atoms with Crippen LogP contribution in [0.25, 0.3) is 11.3 Å². The van der Waals surface area contributed by atoms with Gasteiger partial charge in [-0.3, -0.25) is 9.78 Å². The lowest BCUT2D eigenvalue weighted by molar-refractivity contribution is 0.0548. The Labute approximate surface area is 178 Å². The monoisotopic (exact) mass is 425 g/mol. The van der Waals surface area contributed by atoms with Gasteiger partial charge in [-0.25, -0.2) is 4.98 Å². The van der Waals surface area contributed by atoms with E-state index in [1.54, 1.807) is 24.8 Å². The summed E-state index contributed by atoms with van der Waals surface area (Å²) in [7, 11) is 0. The summed E-state index contributed by atoms with van der Waals surface area (Å²) in [4.78, 5) is 22.9. The van der Waals surface area contributed by atoms with E-state index in [1.807, 2.05) is 6.07 Å². The number of thiazole rings is 1. The minimum absolute atomic E-state index is 0.0662. The molecule has 1 aliphatic carbocycles. The van der Waals surface area contributed by atoms with Crippen LogP contribution < -0.4 is 5.32 Å². The number of carbonyl (C=O) groups is 1. The lowest BCUT2D eigenvalue weighted by atomic mass is 9.93. The highest BCUT2D eigenvalue weighted by Gasteiger charge is 2.29. The van der Waals surface area contributed by atoms with E-state index in [0.29, 0.717) is 47.3 Å². The second-order valence-corrected chi connectivity index (χ2v) is 8.73. The fourth-order valence-electron chi connectivity index (χ4n) is 4.08. The smallest absolute Gasteiger partial charge is 0.186 e. The number of ketones is 1. The number of hydrogen-bond acceptors (Lipinski definition) is 8. The molecule has 1 fully saturated rings. The summed E-state index contributed by atoms with van der Waals surface area (Å²) in [6.07, 6.45) is 8.44. The molecule has 2 N–H and O–H groups in total. The number of ether oxygens (including phenoxy) is 1. The molecule has 0 spiro atoms. The summed E-state index contributed by atoms with van der Waals surface area (Å²) in [5, 5.41) is 14.3. The van der Waals surface area contributed by atoms with Gasteiger partial charge in [-0.15, -0.1) is 0 Å². The van der Waals surface area contributed by atoms with Crippen molar-refractivity contribution >= 4 is 22.3 Å². The first kappa shape index (κ1) is 19.4. The van der Waals surface area contributed by atoms with Gasteiger partial charge in [-0.05, 0) is 49.8 Å². The molecule has 7 nitrogen and oxygen atoms in total. The number of hydrogen-bond donors (Lipinski definition) is 2. The Hall–Kier alpha value is -2.55. The highest BCUT2D eigenvalue weighted by atomic mass is 32.1. The van der Waals surface area contributed by atoms with E-state index in [2.05, 4.69) is 15.3 Å². The Morgan fingerprint density at radius 2 is 2.17 bits per heavy atom. The molecule has 30 heavy (non-hydrogen) atoms. The number of Topliss-reactive ketones (excluding diaryl/α,β-unsaturated/α-hetero) is 1. The molecule has 2 aliphatic rings. The number of nitrogens with one attached hydrogen (secondary N) is 1. The summed E-state index contributed by atoms with van der Waals surface area (Å²) in [5.74, 6) is 0.0114. The van der Waals surface area contributed by atoms with Crippen LogP contribution in [0.2, 0.25) is 0 Å². The molecular formula is C22H23N3O4S. The lowest BCUT2D eigenvalue weighted by Gasteiger charge is -2.20. The van der Waals surface area contributed by atoms with Gasteiger partial charge < -0.3 is 19.6 Å². The minimum atomic E-state index is -0.946. The Morgan fingerprint density at radius 3 is 2.97 bits per heavy atom. The third-order valence-electron chi connectivity index (χ3n) is 5.75.